The van der Waals surface area contributed by atoms with Crippen molar-refractivity contribution in [3.63, 3.8) is 0 Å². The molecular formula is C13H9ClF3NO4S. The molecule has 1 fully saturated rings. The maximum Gasteiger partial charge on any atom is 0.417 e. The third-order valence-electron chi connectivity index (χ3n) is 3.03. The highest BCUT2D eigenvalue weighted by molar-refractivity contribution is 8.01. The van der Waals surface area contributed by atoms with Gasteiger partial charge in [-0.1, -0.05) is 11.6 Å². The van der Waals surface area contributed by atoms with Gasteiger partial charge >= 0.3 is 12.1 Å². The summed E-state index contributed by atoms with van der Waals surface area (Å²) in [5.41, 5.74) is -1.39. The second kappa shape index (κ2) is 6.40. The molecule has 1 heterocycles. The van der Waals surface area contributed by atoms with Gasteiger partial charge in [0.15, 0.2) is 0 Å². The van der Waals surface area contributed by atoms with Gasteiger partial charge in [0, 0.05) is 6.42 Å². The first-order chi connectivity index (χ1) is 10.6. The lowest BCUT2D eigenvalue weighted by molar-refractivity contribution is -0.137. The minimum absolute atomic E-state index is 0.241. The predicted octanol–water partition coefficient (Wildman–Crippen LogP) is 2.81. The van der Waals surface area contributed by atoms with E-state index in [0.717, 1.165) is 23.9 Å². The molecular weight excluding hydrogens is 359 g/mol. The minimum atomic E-state index is -4.73. The number of carboxylic acids is 1. The number of aliphatic carboxylic acids is 1. The molecule has 0 aromatic heterocycles. The monoisotopic (exact) mass is 367 g/mol. The molecule has 23 heavy (non-hydrogen) atoms. The normalized spacial score (nSPS) is 18.6. The largest absolute Gasteiger partial charge is 0.481 e. The average Bonchev–Trinajstić information content (AvgIpc) is 2.71. The number of rotatable bonds is 4. The third-order valence-corrected chi connectivity index (χ3v) is 4.54. The lowest BCUT2D eigenvalue weighted by Gasteiger charge is -2.17. The Labute approximate surface area is 137 Å². The molecule has 1 N–H and O–H groups in total. The summed E-state index contributed by atoms with van der Waals surface area (Å²) in [5.74, 6) is -2.96. The van der Waals surface area contributed by atoms with Crippen LogP contribution in [0, 0.1) is 0 Å². The summed E-state index contributed by atoms with van der Waals surface area (Å²) < 4.78 is 38.6. The Balaban J connectivity index is 2.30. The van der Waals surface area contributed by atoms with Crippen molar-refractivity contribution in [3.05, 3.63) is 28.8 Å². The molecule has 124 valence electrons. The molecule has 0 bridgehead atoms. The molecule has 1 aromatic carbocycles. The van der Waals surface area contributed by atoms with Crippen LogP contribution in [0.25, 0.3) is 0 Å². The number of carboxylic acid groups (broad SMARTS) is 1. The van der Waals surface area contributed by atoms with Gasteiger partial charge in [0.25, 0.3) is 0 Å². The van der Waals surface area contributed by atoms with Crippen LogP contribution in [0.1, 0.15) is 12.0 Å². The SMILES string of the molecule is O=C(O)CSC1CC(=O)N(c2ccc(Cl)c(C(F)(F)F)c2)C1=O. The van der Waals surface area contributed by atoms with Crippen LogP contribution in [0.2, 0.25) is 5.02 Å². The topological polar surface area (TPSA) is 74.7 Å². The van der Waals surface area contributed by atoms with Crippen molar-refractivity contribution in [1.29, 1.82) is 0 Å². The van der Waals surface area contributed by atoms with E-state index >= 15 is 0 Å². The third kappa shape index (κ3) is 3.78. The first kappa shape index (κ1) is 17.6. The molecule has 0 spiro atoms. The Kier molecular flexibility index (Phi) is 4.90. The fraction of sp³-hybridized carbons (Fsp3) is 0.308. The highest BCUT2D eigenvalue weighted by Crippen LogP contribution is 2.38. The van der Waals surface area contributed by atoms with Crippen molar-refractivity contribution in [3.8, 4) is 0 Å². The number of carbonyl (C=O) groups is 3. The predicted molar refractivity (Wildman–Crippen MR) is 77.4 cm³/mol. The Morgan fingerprint density at radius 2 is 2.04 bits per heavy atom. The molecule has 1 aliphatic rings. The number of nitrogens with zero attached hydrogens (tertiary/aromatic N) is 1. The first-order valence-electron chi connectivity index (χ1n) is 6.18. The molecule has 1 aliphatic heterocycles. The van der Waals surface area contributed by atoms with E-state index in [4.69, 9.17) is 16.7 Å². The Morgan fingerprint density at radius 1 is 1.39 bits per heavy atom. The molecule has 5 nitrogen and oxygen atoms in total. The second-order valence-electron chi connectivity index (χ2n) is 4.63. The Hall–Kier alpha value is -1.74. The maximum absolute atomic E-state index is 12.9. The Bertz CT molecular complexity index is 680. The van der Waals surface area contributed by atoms with Crippen molar-refractivity contribution in [2.75, 3.05) is 10.7 Å². The van der Waals surface area contributed by atoms with Gasteiger partial charge in [-0.05, 0) is 18.2 Å². The van der Waals surface area contributed by atoms with E-state index in [1.54, 1.807) is 0 Å². The highest BCUT2D eigenvalue weighted by Gasteiger charge is 2.41. The maximum atomic E-state index is 12.9. The summed E-state index contributed by atoms with van der Waals surface area (Å²) in [5, 5.41) is 7.12. The van der Waals surface area contributed by atoms with Crippen LogP contribution in [0.15, 0.2) is 18.2 Å². The fourth-order valence-electron chi connectivity index (χ4n) is 2.05. The van der Waals surface area contributed by atoms with E-state index in [-0.39, 0.29) is 17.9 Å². The first-order valence-corrected chi connectivity index (χ1v) is 7.61. The number of imide groups is 1. The number of carbonyl (C=O) groups excluding carboxylic acids is 2. The molecule has 0 saturated carbocycles. The average molecular weight is 368 g/mol. The van der Waals surface area contributed by atoms with Crippen LogP contribution in [0.3, 0.4) is 0 Å². The Morgan fingerprint density at radius 3 is 2.61 bits per heavy atom. The molecule has 1 saturated heterocycles. The summed E-state index contributed by atoms with van der Waals surface area (Å²) in [6, 6.07) is 2.72. The lowest BCUT2D eigenvalue weighted by atomic mass is 10.2. The van der Waals surface area contributed by atoms with E-state index in [9.17, 15) is 27.6 Å². The van der Waals surface area contributed by atoms with Gasteiger partial charge in [0.2, 0.25) is 11.8 Å². The van der Waals surface area contributed by atoms with E-state index < -0.39 is 39.8 Å². The molecule has 1 atom stereocenters. The molecule has 2 amide bonds. The molecule has 2 rings (SSSR count). The number of alkyl halides is 3. The van der Waals surface area contributed by atoms with Crippen LogP contribution in [-0.4, -0.2) is 33.9 Å². The highest BCUT2D eigenvalue weighted by atomic mass is 35.5. The van der Waals surface area contributed by atoms with E-state index in [1.165, 1.54) is 0 Å². The van der Waals surface area contributed by atoms with Crippen LogP contribution in [-0.2, 0) is 20.6 Å². The summed E-state index contributed by atoms with van der Waals surface area (Å²) in [7, 11) is 0. The number of amides is 2. The summed E-state index contributed by atoms with van der Waals surface area (Å²) in [6.07, 6.45) is -4.99. The standard InChI is InChI=1S/C13H9ClF3NO4S/c14-8-2-1-6(3-7(8)13(15,16)17)18-10(19)4-9(12(18)22)23-5-11(20)21/h1-3,9H,4-5H2,(H,20,21). The second-order valence-corrected chi connectivity index (χ2v) is 6.23. The molecule has 10 heteroatoms. The number of hydrogen-bond donors (Lipinski definition) is 1. The number of anilines is 1. The van der Waals surface area contributed by atoms with Gasteiger partial charge in [0.05, 0.1) is 27.3 Å². The van der Waals surface area contributed by atoms with Crippen molar-refractivity contribution >= 4 is 46.8 Å². The lowest BCUT2D eigenvalue weighted by Crippen LogP contribution is -2.31. The smallest absolute Gasteiger partial charge is 0.417 e. The van der Waals surface area contributed by atoms with Crippen LogP contribution in [0.5, 0.6) is 0 Å². The van der Waals surface area contributed by atoms with Crippen molar-refractivity contribution in [2.45, 2.75) is 17.8 Å². The molecule has 1 unspecified atom stereocenters. The molecule has 0 aliphatic carbocycles. The number of hydrogen-bond acceptors (Lipinski definition) is 4. The van der Waals surface area contributed by atoms with Gasteiger partial charge in [-0.25, -0.2) is 4.90 Å². The van der Waals surface area contributed by atoms with E-state index in [0.29, 0.717) is 11.0 Å². The van der Waals surface area contributed by atoms with Gasteiger partial charge in [-0.3, -0.25) is 14.4 Å². The van der Waals surface area contributed by atoms with Gasteiger partial charge in [0.1, 0.15) is 0 Å². The zero-order valence-electron chi connectivity index (χ0n) is 11.3. The van der Waals surface area contributed by atoms with E-state index in [1.807, 2.05) is 0 Å². The van der Waals surface area contributed by atoms with Crippen LogP contribution < -0.4 is 4.90 Å². The summed E-state index contributed by atoms with van der Waals surface area (Å²) in [4.78, 5) is 35.2. The number of thioether (sulfide) groups is 1. The quantitative estimate of drug-likeness (QED) is 0.828. The van der Waals surface area contributed by atoms with Crippen LogP contribution in [0.4, 0.5) is 18.9 Å². The zero-order chi connectivity index (χ0) is 17.4. The van der Waals surface area contributed by atoms with Gasteiger partial charge < -0.3 is 5.11 Å². The van der Waals surface area contributed by atoms with Crippen molar-refractivity contribution < 1.29 is 32.7 Å². The van der Waals surface area contributed by atoms with Crippen LogP contribution >= 0.6 is 23.4 Å². The van der Waals surface area contributed by atoms with E-state index in [2.05, 4.69) is 0 Å². The van der Waals surface area contributed by atoms with Gasteiger partial charge in [-0.15, -0.1) is 11.8 Å². The van der Waals surface area contributed by atoms with Crippen molar-refractivity contribution in [1.82, 2.24) is 0 Å². The zero-order valence-corrected chi connectivity index (χ0v) is 12.8. The fourth-order valence-corrected chi connectivity index (χ4v) is 3.12. The number of halogens is 4. The minimum Gasteiger partial charge on any atom is -0.481 e. The van der Waals surface area contributed by atoms with Crippen molar-refractivity contribution in [2.24, 2.45) is 0 Å². The number of benzene rings is 1. The summed E-state index contributed by atoms with van der Waals surface area (Å²) >= 11 is 6.25. The summed E-state index contributed by atoms with van der Waals surface area (Å²) in [6.45, 7) is 0. The molecule has 0 radical (unpaired) electrons. The molecule has 1 aromatic rings. The van der Waals surface area contributed by atoms with Gasteiger partial charge in [-0.2, -0.15) is 13.2 Å².